The van der Waals surface area contributed by atoms with Crippen molar-refractivity contribution in [1.29, 1.82) is 5.26 Å². The monoisotopic (exact) mass is 305 g/mol. The fourth-order valence-corrected chi connectivity index (χ4v) is 3.02. The Morgan fingerprint density at radius 2 is 2.19 bits per heavy atom. The predicted octanol–water partition coefficient (Wildman–Crippen LogP) is 3.01. The lowest BCUT2D eigenvalue weighted by Crippen LogP contribution is -2.36. The topological polar surface area (TPSA) is 96.0 Å². The molecule has 1 aliphatic carbocycles. The van der Waals surface area contributed by atoms with Gasteiger partial charge in [-0.05, 0) is 24.5 Å². The van der Waals surface area contributed by atoms with Crippen molar-refractivity contribution >= 4 is 28.3 Å². The summed E-state index contributed by atoms with van der Waals surface area (Å²) in [6.45, 7) is 0. The maximum absolute atomic E-state index is 12.1. The molecule has 0 atom stereocenters. The van der Waals surface area contributed by atoms with Gasteiger partial charge in [0.05, 0.1) is 4.92 Å². The molecule has 1 N–H and O–H groups in total. The van der Waals surface area contributed by atoms with Crippen LogP contribution in [0.5, 0.6) is 0 Å². The zero-order valence-electron chi connectivity index (χ0n) is 11.4. The maximum atomic E-state index is 12.1. The van der Waals surface area contributed by atoms with Crippen LogP contribution >= 0.6 is 11.3 Å². The zero-order valence-corrected chi connectivity index (χ0v) is 12.2. The number of carbonyl (C=O) groups is 1. The van der Waals surface area contributed by atoms with Gasteiger partial charge in [-0.3, -0.25) is 14.9 Å². The van der Waals surface area contributed by atoms with Gasteiger partial charge in [0.1, 0.15) is 11.6 Å². The van der Waals surface area contributed by atoms with Crippen molar-refractivity contribution in [3.8, 4) is 6.07 Å². The van der Waals surface area contributed by atoms with Gasteiger partial charge in [-0.1, -0.05) is 30.6 Å². The lowest BCUT2D eigenvalue weighted by Gasteiger charge is -2.22. The van der Waals surface area contributed by atoms with Crippen LogP contribution in [0.3, 0.4) is 0 Å². The van der Waals surface area contributed by atoms with Gasteiger partial charge >= 0.3 is 5.00 Å². The van der Waals surface area contributed by atoms with E-state index >= 15 is 0 Å². The average molecular weight is 305 g/mol. The molecule has 1 fully saturated rings. The molecule has 0 aromatic carbocycles. The van der Waals surface area contributed by atoms with Crippen LogP contribution < -0.4 is 5.32 Å². The first-order valence-corrected chi connectivity index (χ1v) is 7.63. The van der Waals surface area contributed by atoms with Crippen LogP contribution in [0.4, 0.5) is 5.00 Å². The summed E-state index contributed by atoms with van der Waals surface area (Å²) in [5, 5.41) is 24.1. The molecule has 0 bridgehead atoms. The van der Waals surface area contributed by atoms with E-state index in [1.165, 1.54) is 18.6 Å². The lowest BCUT2D eigenvalue weighted by molar-refractivity contribution is -0.380. The zero-order chi connectivity index (χ0) is 15.2. The van der Waals surface area contributed by atoms with Crippen molar-refractivity contribution < 1.29 is 9.72 Å². The second-order valence-corrected chi connectivity index (χ2v) is 5.84. The Hall–Kier alpha value is -2.20. The van der Waals surface area contributed by atoms with Crippen molar-refractivity contribution in [1.82, 2.24) is 5.32 Å². The van der Waals surface area contributed by atoms with E-state index in [0.717, 1.165) is 37.0 Å². The summed E-state index contributed by atoms with van der Waals surface area (Å²) in [7, 11) is 0. The highest BCUT2D eigenvalue weighted by Gasteiger charge is 2.18. The minimum Gasteiger partial charge on any atom is -0.349 e. The Morgan fingerprint density at radius 3 is 2.76 bits per heavy atom. The quantitative estimate of drug-likeness (QED) is 0.400. The number of nitrogens with one attached hydrogen (secondary N) is 1. The standard InChI is InChI=1S/C14H15N3O3S/c15-8-11(6-10-7-13(17(19)20)21-9-10)14(18)16-12-4-2-1-3-5-12/h6-7,9,12H,1-5H2,(H,16,18)/b11-6+. The van der Waals surface area contributed by atoms with Crippen LogP contribution in [-0.2, 0) is 4.79 Å². The molecule has 1 aromatic rings. The minimum absolute atomic E-state index is 0.00812. The number of carbonyl (C=O) groups excluding carboxylic acids is 1. The molecule has 21 heavy (non-hydrogen) atoms. The third-order valence-corrected chi connectivity index (χ3v) is 4.30. The van der Waals surface area contributed by atoms with E-state index < -0.39 is 10.8 Å². The fourth-order valence-electron chi connectivity index (χ4n) is 2.34. The van der Waals surface area contributed by atoms with Gasteiger partial charge < -0.3 is 5.32 Å². The van der Waals surface area contributed by atoms with Crippen molar-refractivity contribution in [2.75, 3.05) is 0 Å². The second-order valence-electron chi connectivity index (χ2n) is 4.95. The summed E-state index contributed by atoms with van der Waals surface area (Å²) < 4.78 is 0. The molecule has 0 radical (unpaired) electrons. The van der Waals surface area contributed by atoms with Gasteiger partial charge in [0.2, 0.25) is 0 Å². The van der Waals surface area contributed by atoms with E-state index in [2.05, 4.69) is 5.32 Å². The second kappa shape index (κ2) is 6.99. The number of nitrogens with zero attached hydrogens (tertiary/aromatic N) is 2. The molecule has 1 heterocycles. The van der Waals surface area contributed by atoms with E-state index in [1.807, 2.05) is 6.07 Å². The molecule has 1 saturated carbocycles. The van der Waals surface area contributed by atoms with Gasteiger partial charge in [0.15, 0.2) is 0 Å². The maximum Gasteiger partial charge on any atom is 0.324 e. The van der Waals surface area contributed by atoms with Crippen LogP contribution in [0, 0.1) is 21.4 Å². The first-order valence-electron chi connectivity index (χ1n) is 6.75. The van der Waals surface area contributed by atoms with Gasteiger partial charge in [-0.15, -0.1) is 0 Å². The number of amides is 1. The molecule has 2 rings (SSSR count). The lowest BCUT2D eigenvalue weighted by atomic mass is 9.95. The van der Waals surface area contributed by atoms with E-state index in [9.17, 15) is 14.9 Å². The van der Waals surface area contributed by atoms with Gasteiger partial charge in [-0.25, -0.2) is 0 Å². The van der Waals surface area contributed by atoms with Crippen LogP contribution in [0.2, 0.25) is 0 Å². The summed E-state index contributed by atoms with van der Waals surface area (Å²) in [5.41, 5.74) is 0.482. The van der Waals surface area contributed by atoms with Gasteiger partial charge in [0, 0.05) is 17.5 Å². The SMILES string of the molecule is N#C/C(=C\c1csc([N+](=O)[O-])c1)C(=O)NC1CCCCC1. The Labute approximate surface area is 126 Å². The molecule has 1 amide bonds. The largest absolute Gasteiger partial charge is 0.349 e. The summed E-state index contributed by atoms with van der Waals surface area (Å²) in [5.74, 6) is -0.404. The molecule has 0 unspecified atom stereocenters. The third-order valence-electron chi connectivity index (χ3n) is 3.40. The molecule has 0 saturated heterocycles. The highest BCUT2D eigenvalue weighted by Crippen LogP contribution is 2.24. The number of hydrogen-bond acceptors (Lipinski definition) is 5. The molecular formula is C14H15N3O3S. The van der Waals surface area contributed by atoms with E-state index in [1.54, 1.807) is 5.38 Å². The molecule has 6 nitrogen and oxygen atoms in total. The Bertz CT molecular complexity index is 609. The van der Waals surface area contributed by atoms with Crippen LogP contribution in [0.25, 0.3) is 6.08 Å². The van der Waals surface area contributed by atoms with Crippen molar-refractivity contribution in [3.05, 3.63) is 32.7 Å². The van der Waals surface area contributed by atoms with Crippen molar-refractivity contribution in [3.63, 3.8) is 0 Å². The highest BCUT2D eigenvalue weighted by atomic mass is 32.1. The van der Waals surface area contributed by atoms with Crippen molar-refractivity contribution in [2.45, 2.75) is 38.1 Å². The fraction of sp³-hybridized carbons (Fsp3) is 0.429. The highest BCUT2D eigenvalue weighted by molar-refractivity contribution is 7.13. The van der Waals surface area contributed by atoms with Crippen LogP contribution in [0.1, 0.15) is 37.7 Å². The number of rotatable bonds is 4. The molecule has 0 spiro atoms. The van der Waals surface area contributed by atoms with Gasteiger partial charge in [-0.2, -0.15) is 5.26 Å². The molecule has 7 heteroatoms. The van der Waals surface area contributed by atoms with E-state index in [4.69, 9.17) is 5.26 Å². The van der Waals surface area contributed by atoms with Gasteiger partial charge in [0.25, 0.3) is 5.91 Å². The first kappa shape index (κ1) is 15.2. The Kier molecular flexibility index (Phi) is 5.06. The Morgan fingerprint density at radius 1 is 1.48 bits per heavy atom. The summed E-state index contributed by atoms with van der Waals surface area (Å²) in [6.07, 6.45) is 6.64. The van der Waals surface area contributed by atoms with E-state index in [-0.39, 0.29) is 16.6 Å². The predicted molar refractivity (Wildman–Crippen MR) is 79.6 cm³/mol. The Balaban J connectivity index is 2.06. The average Bonchev–Trinajstić information content (AvgIpc) is 2.94. The van der Waals surface area contributed by atoms with Crippen molar-refractivity contribution in [2.24, 2.45) is 0 Å². The number of hydrogen-bond donors (Lipinski definition) is 1. The van der Waals surface area contributed by atoms with Crippen LogP contribution in [0.15, 0.2) is 17.0 Å². The molecule has 0 aliphatic heterocycles. The first-order chi connectivity index (χ1) is 10.1. The molecular weight excluding hydrogens is 290 g/mol. The molecule has 1 aliphatic rings. The number of nitro groups is 1. The summed E-state index contributed by atoms with van der Waals surface area (Å²) in [6, 6.07) is 3.34. The van der Waals surface area contributed by atoms with E-state index in [0.29, 0.717) is 5.56 Å². The summed E-state index contributed by atoms with van der Waals surface area (Å²) in [4.78, 5) is 22.2. The smallest absolute Gasteiger partial charge is 0.324 e. The van der Waals surface area contributed by atoms with Crippen LogP contribution in [-0.4, -0.2) is 16.9 Å². The normalized spacial score (nSPS) is 16.2. The minimum atomic E-state index is -0.490. The summed E-state index contributed by atoms with van der Waals surface area (Å²) >= 11 is 0.973. The number of thiophene rings is 1. The third kappa shape index (κ3) is 4.13. The molecule has 1 aromatic heterocycles. The number of nitriles is 1. The molecule has 110 valence electrons.